The number of nitrogens with zero attached hydrogens (tertiary/aromatic N) is 4. The Morgan fingerprint density at radius 1 is 1.48 bits per heavy atom. The van der Waals surface area contributed by atoms with Crippen molar-refractivity contribution in [2.45, 2.75) is 26.3 Å². The maximum atomic E-state index is 12.5. The molecule has 112 valence electrons. The lowest BCUT2D eigenvalue weighted by Crippen LogP contribution is -2.29. The number of aromatic nitrogens is 4. The van der Waals surface area contributed by atoms with Crippen molar-refractivity contribution >= 4 is 11.6 Å². The quantitative estimate of drug-likeness (QED) is 0.556. The number of hydrazine groups is 1. The number of nitrogens with two attached hydrogens (primary N) is 1. The minimum Gasteiger partial charge on any atom is -0.336 e. The molecule has 2 aromatic rings. The van der Waals surface area contributed by atoms with Gasteiger partial charge in [-0.25, -0.2) is 9.97 Å². The minimum absolute atomic E-state index is 0.127. The van der Waals surface area contributed by atoms with E-state index in [9.17, 15) is 4.79 Å². The van der Waals surface area contributed by atoms with E-state index in [2.05, 4.69) is 25.6 Å². The third-order valence-corrected chi connectivity index (χ3v) is 3.00. The van der Waals surface area contributed by atoms with Gasteiger partial charge in [0, 0.05) is 31.3 Å². The number of nitrogens with one attached hydrogen (secondary N) is 2. The summed E-state index contributed by atoms with van der Waals surface area (Å²) in [4.78, 5) is 22.6. The van der Waals surface area contributed by atoms with Crippen LogP contribution in [0, 0.1) is 0 Å². The first-order valence-electron chi connectivity index (χ1n) is 6.59. The van der Waals surface area contributed by atoms with Crippen molar-refractivity contribution in [2.24, 2.45) is 5.84 Å². The summed E-state index contributed by atoms with van der Waals surface area (Å²) in [5.41, 5.74) is 4.05. The molecule has 0 spiro atoms. The number of carbonyl (C=O) groups excluding carboxylic acids is 1. The predicted octanol–water partition coefficient (Wildman–Crippen LogP) is 0.881. The maximum absolute atomic E-state index is 12.5. The highest BCUT2D eigenvalue weighted by atomic mass is 16.2. The first-order valence-corrected chi connectivity index (χ1v) is 6.59. The fraction of sp³-hybridized carbons (Fsp3) is 0.385. The molecule has 0 aliphatic rings. The van der Waals surface area contributed by atoms with Crippen molar-refractivity contribution in [2.75, 3.05) is 12.5 Å². The number of nitrogen functional groups attached to an aromatic ring is 1. The lowest BCUT2D eigenvalue weighted by molar-refractivity contribution is 0.0779. The predicted molar refractivity (Wildman–Crippen MR) is 78.3 cm³/mol. The average Bonchev–Trinajstić information content (AvgIpc) is 2.98. The fourth-order valence-electron chi connectivity index (χ4n) is 1.83. The van der Waals surface area contributed by atoms with Gasteiger partial charge in [0.25, 0.3) is 5.91 Å². The average molecular weight is 289 g/mol. The largest absolute Gasteiger partial charge is 0.336 e. The molecule has 0 saturated heterocycles. The van der Waals surface area contributed by atoms with E-state index in [0.29, 0.717) is 18.1 Å². The molecule has 0 atom stereocenters. The Labute approximate surface area is 122 Å². The smallest absolute Gasteiger partial charge is 0.274 e. The highest BCUT2D eigenvalue weighted by molar-refractivity contribution is 5.97. The molecule has 2 rings (SSSR count). The molecule has 0 fully saturated rings. The van der Waals surface area contributed by atoms with Crippen LogP contribution in [0.3, 0.4) is 0 Å². The number of anilines is 1. The van der Waals surface area contributed by atoms with E-state index in [1.54, 1.807) is 24.3 Å². The van der Waals surface area contributed by atoms with Crippen molar-refractivity contribution in [1.29, 1.82) is 0 Å². The van der Waals surface area contributed by atoms with Crippen LogP contribution in [-0.4, -0.2) is 38.0 Å². The summed E-state index contributed by atoms with van der Waals surface area (Å²) < 4.78 is 0. The summed E-state index contributed by atoms with van der Waals surface area (Å²) in [7, 11) is 1.70. The molecular weight excluding hydrogens is 270 g/mol. The zero-order valence-electron chi connectivity index (χ0n) is 12.3. The molecule has 8 nitrogen and oxygen atoms in total. The van der Waals surface area contributed by atoms with Crippen LogP contribution in [0.25, 0.3) is 0 Å². The molecule has 0 aliphatic heterocycles. The highest BCUT2D eigenvalue weighted by Crippen LogP contribution is 2.17. The molecule has 0 aromatic carbocycles. The van der Waals surface area contributed by atoms with Gasteiger partial charge < -0.3 is 10.3 Å². The molecule has 8 heteroatoms. The standard InChI is InChI=1S/C13H19N7O/c1-8(2)12-15-6-10(19-14)11(18-12)13(21)20(3)7-9-4-16-17-5-9/h4-6,8,19H,7,14H2,1-3H3,(H,16,17). The first-order chi connectivity index (χ1) is 10.0. The number of aromatic amines is 1. The molecule has 0 aliphatic carbocycles. The van der Waals surface area contributed by atoms with Crippen molar-refractivity contribution < 1.29 is 4.79 Å². The van der Waals surface area contributed by atoms with E-state index in [1.165, 1.54) is 6.20 Å². The van der Waals surface area contributed by atoms with Crippen LogP contribution < -0.4 is 11.3 Å². The van der Waals surface area contributed by atoms with Crippen molar-refractivity contribution in [1.82, 2.24) is 25.1 Å². The van der Waals surface area contributed by atoms with E-state index in [1.807, 2.05) is 13.8 Å². The zero-order valence-corrected chi connectivity index (χ0v) is 12.3. The van der Waals surface area contributed by atoms with Crippen LogP contribution in [0.2, 0.25) is 0 Å². The van der Waals surface area contributed by atoms with Crippen LogP contribution in [0.4, 0.5) is 5.69 Å². The zero-order chi connectivity index (χ0) is 15.4. The lowest BCUT2D eigenvalue weighted by atomic mass is 10.2. The molecule has 0 bridgehead atoms. The summed E-state index contributed by atoms with van der Waals surface area (Å²) in [6.45, 7) is 4.36. The second-order valence-electron chi connectivity index (χ2n) is 5.06. The van der Waals surface area contributed by atoms with Crippen LogP contribution in [0.5, 0.6) is 0 Å². The van der Waals surface area contributed by atoms with Gasteiger partial charge in [0.05, 0.1) is 18.1 Å². The van der Waals surface area contributed by atoms with E-state index in [-0.39, 0.29) is 17.5 Å². The molecule has 0 radical (unpaired) electrons. The van der Waals surface area contributed by atoms with E-state index in [4.69, 9.17) is 5.84 Å². The molecule has 2 heterocycles. The van der Waals surface area contributed by atoms with Gasteiger partial charge in [-0.3, -0.25) is 15.7 Å². The second-order valence-corrected chi connectivity index (χ2v) is 5.06. The van der Waals surface area contributed by atoms with Gasteiger partial charge in [-0.05, 0) is 0 Å². The van der Waals surface area contributed by atoms with Crippen LogP contribution in [0.15, 0.2) is 18.6 Å². The lowest BCUT2D eigenvalue weighted by Gasteiger charge is -2.18. The number of hydrogen-bond donors (Lipinski definition) is 3. The molecule has 21 heavy (non-hydrogen) atoms. The Bertz CT molecular complexity index is 609. The maximum Gasteiger partial charge on any atom is 0.274 e. The van der Waals surface area contributed by atoms with Gasteiger partial charge in [-0.1, -0.05) is 13.8 Å². The van der Waals surface area contributed by atoms with E-state index in [0.717, 1.165) is 5.56 Å². The number of carbonyl (C=O) groups is 1. The fourth-order valence-corrected chi connectivity index (χ4v) is 1.83. The van der Waals surface area contributed by atoms with Gasteiger partial charge in [-0.15, -0.1) is 0 Å². The molecule has 2 aromatic heterocycles. The number of amides is 1. The Balaban J connectivity index is 2.26. The van der Waals surface area contributed by atoms with Gasteiger partial charge in [0.2, 0.25) is 0 Å². The summed E-state index contributed by atoms with van der Waals surface area (Å²) in [5, 5.41) is 6.57. The third-order valence-electron chi connectivity index (χ3n) is 3.00. The van der Waals surface area contributed by atoms with Crippen LogP contribution >= 0.6 is 0 Å². The number of hydrogen-bond acceptors (Lipinski definition) is 6. The van der Waals surface area contributed by atoms with Gasteiger partial charge in [0.15, 0.2) is 5.69 Å². The number of rotatable bonds is 5. The molecule has 0 saturated carbocycles. The Morgan fingerprint density at radius 3 is 2.81 bits per heavy atom. The molecule has 4 N–H and O–H groups in total. The second kappa shape index (κ2) is 6.31. The van der Waals surface area contributed by atoms with Crippen LogP contribution in [-0.2, 0) is 6.54 Å². The van der Waals surface area contributed by atoms with E-state index < -0.39 is 0 Å². The van der Waals surface area contributed by atoms with Gasteiger partial charge >= 0.3 is 0 Å². The normalized spacial score (nSPS) is 10.7. The van der Waals surface area contributed by atoms with E-state index >= 15 is 0 Å². The summed E-state index contributed by atoms with van der Waals surface area (Å²) in [6, 6.07) is 0. The van der Waals surface area contributed by atoms with Gasteiger partial charge in [0.1, 0.15) is 5.82 Å². The highest BCUT2D eigenvalue weighted by Gasteiger charge is 2.20. The Hall–Kier alpha value is -2.48. The van der Waals surface area contributed by atoms with Crippen LogP contribution in [0.1, 0.15) is 41.6 Å². The van der Waals surface area contributed by atoms with Crippen molar-refractivity contribution in [3.05, 3.63) is 35.7 Å². The summed E-state index contributed by atoms with van der Waals surface area (Å²) in [5.74, 6) is 5.94. The minimum atomic E-state index is -0.228. The third kappa shape index (κ3) is 3.34. The topological polar surface area (TPSA) is 113 Å². The Morgan fingerprint density at radius 2 is 2.24 bits per heavy atom. The van der Waals surface area contributed by atoms with Crippen molar-refractivity contribution in [3.8, 4) is 0 Å². The molecule has 1 amide bonds. The Kier molecular flexibility index (Phi) is 4.49. The number of H-pyrrole nitrogens is 1. The SMILES string of the molecule is CC(C)c1ncc(NN)c(C(=O)N(C)Cc2cn[nH]c2)n1. The first kappa shape index (κ1) is 14.9. The van der Waals surface area contributed by atoms with Crippen molar-refractivity contribution in [3.63, 3.8) is 0 Å². The molecule has 0 unspecified atom stereocenters. The monoisotopic (exact) mass is 289 g/mol. The molecular formula is C13H19N7O. The summed E-state index contributed by atoms with van der Waals surface area (Å²) >= 11 is 0. The summed E-state index contributed by atoms with van der Waals surface area (Å²) in [6.07, 6.45) is 4.94. The van der Waals surface area contributed by atoms with Gasteiger partial charge in [-0.2, -0.15) is 5.10 Å².